The van der Waals surface area contributed by atoms with E-state index in [1.54, 1.807) is 11.1 Å². The number of ether oxygens (including phenoxy) is 2. The Labute approximate surface area is 132 Å². The molecule has 1 aliphatic heterocycles. The third-order valence-corrected chi connectivity index (χ3v) is 3.53. The van der Waals surface area contributed by atoms with Gasteiger partial charge in [0.15, 0.2) is 0 Å². The predicted octanol–water partition coefficient (Wildman–Crippen LogP) is 3.42. The smallest absolute Gasteiger partial charge is 0.410 e. The summed E-state index contributed by atoms with van der Waals surface area (Å²) < 4.78 is 11.2. The topological polar surface area (TPSA) is 51.7 Å². The summed E-state index contributed by atoms with van der Waals surface area (Å²) >= 11 is 0. The van der Waals surface area contributed by atoms with Crippen LogP contribution in [0, 0.1) is 12.8 Å². The van der Waals surface area contributed by atoms with Crippen LogP contribution in [0.5, 0.6) is 5.88 Å². The second-order valence-electron chi connectivity index (χ2n) is 6.92. The molecule has 1 aromatic rings. The van der Waals surface area contributed by atoms with Gasteiger partial charge in [-0.2, -0.15) is 0 Å². The van der Waals surface area contributed by atoms with Crippen molar-refractivity contribution in [2.75, 3.05) is 19.7 Å². The van der Waals surface area contributed by atoms with Crippen LogP contribution in [0.15, 0.2) is 18.3 Å². The number of hydrogen-bond donors (Lipinski definition) is 0. The van der Waals surface area contributed by atoms with Crippen molar-refractivity contribution >= 4 is 6.09 Å². The van der Waals surface area contributed by atoms with E-state index in [9.17, 15) is 4.79 Å². The number of aromatic nitrogens is 1. The number of rotatable bonds is 3. The molecule has 0 spiro atoms. The lowest BCUT2D eigenvalue weighted by Crippen LogP contribution is -2.44. The van der Waals surface area contributed by atoms with Crippen molar-refractivity contribution in [2.24, 2.45) is 5.92 Å². The van der Waals surface area contributed by atoms with Crippen molar-refractivity contribution in [3.63, 3.8) is 0 Å². The Hall–Kier alpha value is -1.78. The molecule has 0 N–H and O–H groups in total. The quantitative estimate of drug-likeness (QED) is 0.858. The lowest BCUT2D eigenvalue weighted by molar-refractivity contribution is 0.0138. The van der Waals surface area contributed by atoms with Gasteiger partial charge in [-0.15, -0.1) is 0 Å². The van der Waals surface area contributed by atoms with Gasteiger partial charge in [-0.3, -0.25) is 0 Å². The van der Waals surface area contributed by atoms with Crippen LogP contribution < -0.4 is 4.74 Å². The molecule has 1 amide bonds. The number of piperidine rings is 1. The van der Waals surface area contributed by atoms with Gasteiger partial charge in [-0.1, -0.05) is 0 Å². The number of likely N-dealkylation sites (tertiary alicyclic amines) is 1. The zero-order chi connectivity index (χ0) is 16.2. The fourth-order valence-electron chi connectivity index (χ4n) is 2.48. The standard InChI is InChI=1S/C17H26N2O3/c1-13-7-8-18-15(10-13)21-12-14-6-5-9-19(11-14)16(20)22-17(2,3)4/h7-8,10,14H,5-6,9,11-12H2,1-4H3/t14-/m1/s1. The van der Waals surface area contributed by atoms with E-state index in [0.29, 0.717) is 24.9 Å². The molecule has 1 fully saturated rings. The number of carbonyl (C=O) groups is 1. The van der Waals surface area contributed by atoms with Crippen LogP contribution in [-0.4, -0.2) is 41.3 Å². The second kappa shape index (κ2) is 6.99. The van der Waals surface area contributed by atoms with E-state index in [4.69, 9.17) is 9.47 Å². The summed E-state index contributed by atoms with van der Waals surface area (Å²) in [7, 11) is 0. The molecule has 0 radical (unpaired) electrons. The van der Waals surface area contributed by atoms with E-state index >= 15 is 0 Å². The minimum atomic E-state index is -0.452. The second-order valence-corrected chi connectivity index (χ2v) is 6.92. The Morgan fingerprint density at radius 3 is 2.91 bits per heavy atom. The third kappa shape index (κ3) is 5.20. The first-order chi connectivity index (χ1) is 10.3. The van der Waals surface area contributed by atoms with E-state index in [0.717, 1.165) is 24.9 Å². The first-order valence-corrected chi connectivity index (χ1v) is 7.87. The molecule has 0 aliphatic carbocycles. The predicted molar refractivity (Wildman–Crippen MR) is 85.0 cm³/mol. The summed E-state index contributed by atoms with van der Waals surface area (Å²) in [6, 6.07) is 3.87. The molecule has 0 bridgehead atoms. The summed E-state index contributed by atoms with van der Waals surface area (Å²) in [6.45, 7) is 9.69. The summed E-state index contributed by atoms with van der Waals surface area (Å²) in [5, 5.41) is 0. The largest absolute Gasteiger partial charge is 0.477 e. The van der Waals surface area contributed by atoms with E-state index in [2.05, 4.69) is 4.98 Å². The molecule has 1 aromatic heterocycles. The Morgan fingerprint density at radius 1 is 1.45 bits per heavy atom. The third-order valence-electron chi connectivity index (χ3n) is 3.53. The van der Waals surface area contributed by atoms with Gasteiger partial charge in [-0.05, 0) is 52.2 Å². The van der Waals surface area contributed by atoms with Crippen LogP contribution >= 0.6 is 0 Å². The van der Waals surface area contributed by atoms with Gasteiger partial charge in [0.2, 0.25) is 5.88 Å². The highest BCUT2D eigenvalue weighted by Gasteiger charge is 2.27. The maximum atomic E-state index is 12.1. The van der Waals surface area contributed by atoms with Crippen molar-refractivity contribution in [1.29, 1.82) is 0 Å². The molecule has 0 saturated carbocycles. The SMILES string of the molecule is Cc1ccnc(OC[C@@H]2CCCN(C(=O)OC(C)(C)C)C2)c1. The van der Waals surface area contributed by atoms with Gasteiger partial charge in [-0.25, -0.2) is 9.78 Å². The monoisotopic (exact) mass is 306 g/mol. The maximum absolute atomic E-state index is 12.1. The summed E-state index contributed by atoms with van der Waals surface area (Å²) in [4.78, 5) is 18.1. The highest BCUT2D eigenvalue weighted by molar-refractivity contribution is 5.68. The van der Waals surface area contributed by atoms with Crippen LogP contribution in [0.4, 0.5) is 4.79 Å². The van der Waals surface area contributed by atoms with E-state index in [-0.39, 0.29) is 6.09 Å². The highest BCUT2D eigenvalue weighted by Crippen LogP contribution is 2.20. The zero-order valence-electron chi connectivity index (χ0n) is 14.0. The van der Waals surface area contributed by atoms with Gasteiger partial charge >= 0.3 is 6.09 Å². The Balaban J connectivity index is 1.84. The van der Waals surface area contributed by atoms with Gasteiger partial charge in [0, 0.05) is 31.3 Å². The summed E-state index contributed by atoms with van der Waals surface area (Å²) in [6.07, 6.45) is 3.56. The maximum Gasteiger partial charge on any atom is 0.410 e. The fraction of sp³-hybridized carbons (Fsp3) is 0.647. The van der Waals surface area contributed by atoms with Crippen molar-refractivity contribution < 1.29 is 14.3 Å². The minimum Gasteiger partial charge on any atom is -0.477 e. The number of nitrogens with zero attached hydrogens (tertiary/aromatic N) is 2. The minimum absolute atomic E-state index is 0.231. The Morgan fingerprint density at radius 2 is 2.23 bits per heavy atom. The molecular weight excluding hydrogens is 280 g/mol. The molecule has 1 saturated heterocycles. The molecule has 22 heavy (non-hydrogen) atoms. The highest BCUT2D eigenvalue weighted by atomic mass is 16.6. The van der Waals surface area contributed by atoms with Crippen molar-refractivity contribution in [1.82, 2.24) is 9.88 Å². The average molecular weight is 306 g/mol. The van der Waals surface area contributed by atoms with Crippen LogP contribution in [0.25, 0.3) is 0 Å². The first kappa shape index (κ1) is 16.6. The number of hydrogen-bond acceptors (Lipinski definition) is 4. The molecule has 1 atom stereocenters. The van der Waals surface area contributed by atoms with Crippen LogP contribution in [0.2, 0.25) is 0 Å². The van der Waals surface area contributed by atoms with Crippen molar-refractivity contribution in [3.05, 3.63) is 23.9 Å². The first-order valence-electron chi connectivity index (χ1n) is 7.87. The molecule has 1 aliphatic rings. The molecule has 0 unspecified atom stereocenters. The van der Waals surface area contributed by atoms with Gasteiger partial charge < -0.3 is 14.4 Å². The van der Waals surface area contributed by atoms with E-state index in [1.165, 1.54) is 0 Å². The summed E-state index contributed by atoms with van der Waals surface area (Å²) in [5.41, 5.74) is 0.676. The Bertz CT molecular complexity index is 511. The van der Waals surface area contributed by atoms with Gasteiger partial charge in [0.1, 0.15) is 5.60 Å². The van der Waals surface area contributed by atoms with Crippen LogP contribution in [-0.2, 0) is 4.74 Å². The molecule has 5 heteroatoms. The van der Waals surface area contributed by atoms with Crippen molar-refractivity contribution in [3.8, 4) is 5.88 Å². The van der Waals surface area contributed by atoms with Gasteiger partial charge in [0.25, 0.3) is 0 Å². The van der Waals surface area contributed by atoms with Crippen LogP contribution in [0.1, 0.15) is 39.2 Å². The van der Waals surface area contributed by atoms with Crippen LogP contribution in [0.3, 0.4) is 0 Å². The normalized spacial score (nSPS) is 18.9. The number of pyridine rings is 1. The number of amides is 1. The number of aryl methyl sites for hydroxylation is 1. The average Bonchev–Trinajstić information content (AvgIpc) is 2.44. The van der Waals surface area contributed by atoms with E-state index < -0.39 is 5.60 Å². The molecule has 0 aromatic carbocycles. The molecular formula is C17H26N2O3. The molecule has 122 valence electrons. The molecule has 2 rings (SSSR count). The van der Waals surface area contributed by atoms with Gasteiger partial charge in [0.05, 0.1) is 6.61 Å². The van der Waals surface area contributed by atoms with Crippen molar-refractivity contribution in [2.45, 2.75) is 46.1 Å². The Kier molecular flexibility index (Phi) is 5.27. The fourth-order valence-corrected chi connectivity index (χ4v) is 2.48. The van der Waals surface area contributed by atoms with E-state index in [1.807, 2.05) is 39.8 Å². The lowest BCUT2D eigenvalue weighted by Gasteiger charge is -2.33. The molecule has 5 nitrogen and oxygen atoms in total. The summed E-state index contributed by atoms with van der Waals surface area (Å²) in [5.74, 6) is 0.970. The molecule has 2 heterocycles. The lowest BCUT2D eigenvalue weighted by atomic mass is 9.99. The number of carbonyl (C=O) groups excluding carboxylic acids is 1. The zero-order valence-corrected chi connectivity index (χ0v) is 14.0.